The molecule has 2 saturated heterocycles. The number of likely N-dealkylation sites (tertiary alicyclic amines) is 1. The van der Waals surface area contributed by atoms with Crippen molar-refractivity contribution in [3.8, 4) is 11.5 Å². The topological polar surface area (TPSA) is 76.8 Å². The van der Waals surface area contributed by atoms with Crippen LogP contribution >= 0.6 is 11.6 Å². The van der Waals surface area contributed by atoms with E-state index in [1.54, 1.807) is 7.11 Å². The molecular formula is C17H24ClN3O3. The zero-order valence-corrected chi connectivity index (χ0v) is 14.6. The molecule has 1 aromatic rings. The number of ether oxygens (including phenoxy) is 2. The number of nitrogens with zero attached hydrogens (tertiary/aromatic N) is 1. The van der Waals surface area contributed by atoms with Gasteiger partial charge in [-0.3, -0.25) is 9.69 Å². The number of amides is 1. The van der Waals surface area contributed by atoms with Crippen molar-refractivity contribution in [1.82, 2.24) is 10.2 Å². The van der Waals surface area contributed by atoms with Gasteiger partial charge in [0.05, 0.1) is 12.1 Å². The Kier molecular flexibility index (Phi) is 5.48. The summed E-state index contributed by atoms with van der Waals surface area (Å²) in [5.74, 6) is 0.329. The smallest absolute Gasteiger partial charge is 0.255 e. The Balaban J connectivity index is 1.71. The molecule has 2 atom stereocenters. The highest BCUT2D eigenvalue weighted by atomic mass is 35.5. The lowest BCUT2D eigenvalue weighted by atomic mass is 10.1. The largest absolute Gasteiger partial charge is 0.493 e. The summed E-state index contributed by atoms with van der Waals surface area (Å²) in [6, 6.07) is 5.05. The monoisotopic (exact) mass is 353 g/mol. The van der Waals surface area contributed by atoms with Crippen LogP contribution in [0.15, 0.2) is 12.1 Å². The summed E-state index contributed by atoms with van der Waals surface area (Å²) in [6.45, 7) is 2.72. The van der Waals surface area contributed by atoms with Crippen molar-refractivity contribution in [3.05, 3.63) is 22.7 Å². The minimum absolute atomic E-state index is 0.226. The second-order valence-electron chi connectivity index (χ2n) is 6.53. The molecule has 2 heterocycles. The molecule has 3 rings (SSSR count). The zero-order chi connectivity index (χ0) is 17.1. The Labute approximate surface area is 147 Å². The van der Waals surface area contributed by atoms with Crippen LogP contribution in [0, 0.1) is 0 Å². The number of rotatable bonds is 6. The van der Waals surface area contributed by atoms with Crippen LogP contribution in [0.2, 0.25) is 5.02 Å². The van der Waals surface area contributed by atoms with Gasteiger partial charge in [-0.1, -0.05) is 11.6 Å². The van der Waals surface area contributed by atoms with Gasteiger partial charge < -0.3 is 20.5 Å². The highest BCUT2D eigenvalue weighted by Gasteiger charge is 2.29. The standard InChI is InChI=1S/C17H24ClN3O3/c1-23-15-7-11(6-14(18)17(15)24-10-16(19)22)8-21-5-4-12-2-3-13(9-21)20-12/h6-7,12-13,20H,2-5,8-10H2,1H3,(H2,19,22). The maximum atomic E-state index is 10.9. The van der Waals surface area contributed by atoms with E-state index in [9.17, 15) is 4.79 Å². The Morgan fingerprint density at radius 2 is 2.17 bits per heavy atom. The molecule has 1 amide bonds. The number of fused-ring (bicyclic) bond motifs is 2. The second kappa shape index (κ2) is 7.59. The molecule has 0 radical (unpaired) electrons. The van der Waals surface area contributed by atoms with Gasteiger partial charge in [0.25, 0.3) is 5.91 Å². The number of nitrogens with two attached hydrogens (primary N) is 1. The number of primary amides is 1. The summed E-state index contributed by atoms with van der Waals surface area (Å²) in [4.78, 5) is 13.4. The van der Waals surface area contributed by atoms with Gasteiger partial charge in [0.1, 0.15) is 0 Å². The van der Waals surface area contributed by atoms with Crippen LogP contribution in [0.1, 0.15) is 24.8 Å². The van der Waals surface area contributed by atoms with Crippen LogP contribution in [0.5, 0.6) is 11.5 Å². The molecule has 6 nitrogen and oxygen atoms in total. The maximum Gasteiger partial charge on any atom is 0.255 e. The van der Waals surface area contributed by atoms with Crippen LogP contribution in [-0.2, 0) is 11.3 Å². The summed E-state index contributed by atoms with van der Waals surface area (Å²) in [6.07, 6.45) is 3.73. The van der Waals surface area contributed by atoms with Crippen LogP contribution in [0.4, 0.5) is 0 Å². The first kappa shape index (κ1) is 17.3. The summed E-state index contributed by atoms with van der Waals surface area (Å²) in [5.41, 5.74) is 6.19. The normalized spacial score (nSPS) is 23.8. The van der Waals surface area contributed by atoms with E-state index in [0.29, 0.717) is 28.6 Å². The van der Waals surface area contributed by atoms with Crippen molar-refractivity contribution >= 4 is 17.5 Å². The van der Waals surface area contributed by atoms with Crippen molar-refractivity contribution in [2.75, 3.05) is 26.8 Å². The Hall–Kier alpha value is -1.50. The fraction of sp³-hybridized carbons (Fsp3) is 0.588. The van der Waals surface area contributed by atoms with Gasteiger partial charge in [-0.2, -0.15) is 0 Å². The number of hydrogen-bond acceptors (Lipinski definition) is 5. The maximum absolute atomic E-state index is 10.9. The quantitative estimate of drug-likeness (QED) is 0.811. The summed E-state index contributed by atoms with van der Waals surface area (Å²) < 4.78 is 10.7. The van der Waals surface area contributed by atoms with E-state index in [1.165, 1.54) is 19.3 Å². The van der Waals surface area contributed by atoms with E-state index >= 15 is 0 Å². The molecule has 7 heteroatoms. The molecule has 0 aliphatic carbocycles. The van der Waals surface area contributed by atoms with E-state index in [2.05, 4.69) is 10.2 Å². The molecule has 0 aromatic heterocycles. The van der Waals surface area contributed by atoms with Crippen molar-refractivity contribution in [2.24, 2.45) is 5.73 Å². The molecule has 2 fully saturated rings. The summed E-state index contributed by atoms with van der Waals surface area (Å²) in [5, 5.41) is 4.11. The third-order valence-corrected chi connectivity index (χ3v) is 4.94. The van der Waals surface area contributed by atoms with E-state index in [-0.39, 0.29) is 6.61 Å². The highest BCUT2D eigenvalue weighted by Crippen LogP contribution is 2.37. The van der Waals surface area contributed by atoms with Gasteiger partial charge in [-0.25, -0.2) is 0 Å². The minimum atomic E-state index is -0.552. The predicted molar refractivity (Wildman–Crippen MR) is 92.5 cm³/mol. The lowest BCUT2D eigenvalue weighted by Gasteiger charge is -2.24. The highest BCUT2D eigenvalue weighted by molar-refractivity contribution is 6.32. The Bertz CT molecular complexity index is 611. The van der Waals surface area contributed by atoms with Crippen molar-refractivity contribution < 1.29 is 14.3 Å². The van der Waals surface area contributed by atoms with Gasteiger partial charge in [0.2, 0.25) is 0 Å². The predicted octanol–water partition coefficient (Wildman–Crippen LogP) is 1.54. The fourth-order valence-electron chi connectivity index (χ4n) is 3.57. The van der Waals surface area contributed by atoms with Gasteiger partial charge in [0, 0.05) is 31.7 Å². The van der Waals surface area contributed by atoms with Crippen LogP contribution in [0.3, 0.4) is 0 Å². The lowest BCUT2D eigenvalue weighted by Crippen LogP contribution is -2.34. The first-order chi connectivity index (χ1) is 11.5. The van der Waals surface area contributed by atoms with E-state index in [1.807, 2.05) is 12.1 Å². The third kappa shape index (κ3) is 4.12. The average Bonchev–Trinajstić information content (AvgIpc) is 2.87. The molecule has 2 unspecified atom stereocenters. The number of halogens is 1. The minimum Gasteiger partial charge on any atom is -0.493 e. The number of carbonyl (C=O) groups excluding carboxylic acids is 1. The SMILES string of the molecule is COc1cc(CN2CCC3CCC(C2)N3)cc(Cl)c1OCC(N)=O. The van der Waals surface area contributed by atoms with Crippen molar-refractivity contribution in [2.45, 2.75) is 37.9 Å². The first-order valence-electron chi connectivity index (χ1n) is 8.31. The molecule has 3 N–H and O–H groups in total. The van der Waals surface area contributed by atoms with Crippen LogP contribution in [0.25, 0.3) is 0 Å². The van der Waals surface area contributed by atoms with Gasteiger partial charge >= 0.3 is 0 Å². The summed E-state index contributed by atoms with van der Waals surface area (Å²) >= 11 is 6.32. The first-order valence-corrected chi connectivity index (χ1v) is 8.69. The van der Waals surface area contributed by atoms with E-state index in [4.69, 9.17) is 26.8 Å². The van der Waals surface area contributed by atoms with Gasteiger partial charge in [-0.05, 0) is 37.0 Å². The summed E-state index contributed by atoms with van der Waals surface area (Å²) in [7, 11) is 1.56. The van der Waals surface area contributed by atoms with Gasteiger partial charge in [0.15, 0.2) is 18.1 Å². The molecule has 1 aromatic carbocycles. The molecule has 2 bridgehead atoms. The van der Waals surface area contributed by atoms with Crippen molar-refractivity contribution in [1.29, 1.82) is 0 Å². The van der Waals surface area contributed by atoms with E-state index < -0.39 is 5.91 Å². The molecule has 0 spiro atoms. The molecule has 24 heavy (non-hydrogen) atoms. The number of carbonyl (C=O) groups is 1. The zero-order valence-electron chi connectivity index (χ0n) is 13.9. The van der Waals surface area contributed by atoms with Crippen LogP contribution < -0.4 is 20.5 Å². The van der Waals surface area contributed by atoms with Crippen molar-refractivity contribution in [3.63, 3.8) is 0 Å². The van der Waals surface area contributed by atoms with E-state index in [0.717, 1.165) is 25.2 Å². The Morgan fingerprint density at radius 1 is 1.38 bits per heavy atom. The Morgan fingerprint density at radius 3 is 2.92 bits per heavy atom. The number of benzene rings is 1. The number of hydrogen-bond donors (Lipinski definition) is 2. The van der Waals surface area contributed by atoms with Crippen LogP contribution in [-0.4, -0.2) is 49.7 Å². The molecular weight excluding hydrogens is 330 g/mol. The molecule has 2 aliphatic rings. The fourth-order valence-corrected chi connectivity index (χ4v) is 3.85. The molecule has 0 saturated carbocycles. The second-order valence-corrected chi connectivity index (χ2v) is 6.93. The average molecular weight is 354 g/mol. The molecule has 2 aliphatic heterocycles. The number of nitrogens with one attached hydrogen (secondary N) is 1. The lowest BCUT2D eigenvalue weighted by molar-refractivity contribution is -0.119. The van der Waals surface area contributed by atoms with Gasteiger partial charge in [-0.15, -0.1) is 0 Å². The molecule has 132 valence electrons. The third-order valence-electron chi connectivity index (χ3n) is 4.66. The number of methoxy groups -OCH3 is 1.